The van der Waals surface area contributed by atoms with Gasteiger partial charge in [-0.1, -0.05) is 48.5 Å². The zero-order valence-corrected chi connectivity index (χ0v) is 14.2. The van der Waals surface area contributed by atoms with E-state index in [2.05, 4.69) is 62.6 Å². The highest BCUT2D eigenvalue weighted by molar-refractivity contribution is 6.64. The molecule has 1 fully saturated rings. The van der Waals surface area contributed by atoms with E-state index in [0.717, 1.165) is 34.5 Å². The van der Waals surface area contributed by atoms with E-state index < -0.39 is 0 Å². The maximum atomic E-state index is 2.61. The predicted molar refractivity (Wildman–Crippen MR) is 90.7 cm³/mol. The van der Waals surface area contributed by atoms with Gasteiger partial charge in [0.1, 0.15) is 0 Å². The molecule has 0 aromatic heterocycles. The topological polar surface area (TPSA) is 9.72 Å². The van der Waals surface area contributed by atoms with Crippen LogP contribution in [0.1, 0.15) is 48.5 Å². The molecule has 0 bridgehead atoms. The van der Waals surface area contributed by atoms with Gasteiger partial charge in [0.15, 0.2) is 0 Å². The van der Waals surface area contributed by atoms with Gasteiger partial charge in [-0.25, -0.2) is 0 Å². The average molecular weight is 263 g/mol. The van der Waals surface area contributed by atoms with Crippen molar-refractivity contribution < 1.29 is 0 Å². The van der Waals surface area contributed by atoms with Crippen LogP contribution < -0.4 is 0 Å². The first-order valence-electron chi connectivity index (χ1n) is 7.83. The Bertz CT molecular complexity index is 248. The summed E-state index contributed by atoms with van der Waals surface area (Å²) in [6.45, 7) is 19.8. The van der Waals surface area contributed by atoms with E-state index in [1.54, 1.807) is 0 Å². The second kappa shape index (κ2) is 7.19. The first kappa shape index (κ1) is 17.1. The molecule has 3 nitrogen and oxygen atoms in total. The maximum absolute atomic E-state index is 2.61. The third-order valence-corrected chi connectivity index (χ3v) is 3.14. The monoisotopic (exact) mass is 263 g/mol. The molecule has 1 aliphatic heterocycles. The van der Waals surface area contributed by atoms with Gasteiger partial charge in [-0.3, -0.25) is 0 Å². The van der Waals surface area contributed by atoms with Crippen LogP contribution in [0.15, 0.2) is 0 Å². The molecular weight excluding hydrogens is 231 g/mol. The fraction of sp³-hybridized carbons (Fsp3) is 1.00. The predicted octanol–water partition coefficient (Wildman–Crippen LogP) is 1.06. The summed E-state index contributed by atoms with van der Waals surface area (Å²) in [6, 6.07) is 0. The van der Waals surface area contributed by atoms with Gasteiger partial charge in [0.2, 0.25) is 0 Å². The summed E-state index contributed by atoms with van der Waals surface area (Å²) in [4.78, 5) is 0. The molecule has 0 amide bonds. The lowest BCUT2D eigenvalue weighted by molar-refractivity contribution is 0.326. The Hall–Kier alpha value is 0.0748. The van der Waals surface area contributed by atoms with Crippen molar-refractivity contribution in [3.63, 3.8) is 0 Å². The van der Waals surface area contributed by atoms with E-state index in [-0.39, 0.29) is 0 Å². The summed E-state index contributed by atoms with van der Waals surface area (Å²) in [6.07, 6.45) is 0. The van der Waals surface area contributed by atoms with E-state index >= 15 is 0 Å². The normalized spacial score (nSPS) is 19.4. The average Bonchev–Trinajstić information content (AvgIpc) is 2.10. The lowest BCUT2D eigenvalue weighted by atomic mass is 9.71. The van der Waals surface area contributed by atoms with Crippen LogP contribution in [0.2, 0.25) is 0 Å². The van der Waals surface area contributed by atoms with E-state index in [9.17, 15) is 0 Å². The molecule has 108 valence electrons. The molecule has 0 aromatic rings. The summed E-state index contributed by atoms with van der Waals surface area (Å²) < 4.78 is 7.80. The SMILES string of the molecule is CC(C)CN1BN(CC(C)C)BN(CC(C)(C)C)B1. The largest absolute Gasteiger partial charge is 0.363 e. The van der Waals surface area contributed by atoms with Crippen molar-refractivity contribution in [1.82, 2.24) is 14.2 Å². The van der Waals surface area contributed by atoms with Gasteiger partial charge in [0, 0.05) is 0 Å². The molecule has 1 rings (SSSR count). The first-order chi connectivity index (χ1) is 8.65. The molecule has 0 radical (unpaired) electrons. The molecular formula is C13H32B3N3. The maximum Gasteiger partial charge on any atom is 0.270 e. The van der Waals surface area contributed by atoms with Crippen LogP contribution in [-0.2, 0) is 0 Å². The van der Waals surface area contributed by atoms with E-state index in [4.69, 9.17) is 0 Å². The molecule has 0 unspecified atom stereocenters. The van der Waals surface area contributed by atoms with E-state index in [1.807, 2.05) is 0 Å². The van der Waals surface area contributed by atoms with Crippen LogP contribution in [-0.4, -0.2) is 56.4 Å². The quantitative estimate of drug-likeness (QED) is 0.687. The zero-order chi connectivity index (χ0) is 14.6. The van der Waals surface area contributed by atoms with Crippen LogP contribution in [0.3, 0.4) is 0 Å². The Balaban J connectivity index is 2.60. The van der Waals surface area contributed by atoms with Crippen molar-refractivity contribution >= 4 is 22.6 Å². The lowest BCUT2D eigenvalue weighted by Crippen LogP contribution is -2.63. The van der Waals surface area contributed by atoms with Crippen molar-refractivity contribution in [3.8, 4) is 0 Å². The van der Waals surface area contributed by atoms with Gasteiger partial charge in [-0.2, -0.15) is 0 Å². The van der Waals surface area contributed by atoms with Crippen molar-refractivity contribution in [3.05, 3.63) is 0 Å². The fourth-order valence-corrected chi connectivity index (χ4v) is 3.02. The minimum Gasteiger partial charge on any atom is -0.363 e. The highest BCUT2D eigenvalue weighted by Gasteiger charge is 2.30. The van der Waals surface area contributed by atoms with Crippen LogP contribution >= 0.6 is 0 Å². The van der Waals surface area contributed by atoms with Crippen molar-refractivity contribution in [1.29, 1.82) is 0 Å². The first-order valence-corrected chi connectivity index (χ1v) is 7.83. The van der Waals surface area contributed by atoms with Crippen LogP contribution in [0.4, 0.5) is 0 Å². The Morgan fingerprint density at radius 3 is 1.42 bits per heavy atom. The number of hydrogen-bond acceptors (Lipinski definition) is 3. The molecule has 1 aliphatic rings. The molecule has 0 spiro atoms. The van der Waals surface area contributed by atoms with Gasteiger partial charge >= 0.3 is 0 Å². The molecule has 0 atom stereocenters. The van der Waals surface area contributed by atoms with Gasteiger partial charge in [0.25, 0.3) is 22.6 Å². The summed E-state index contributed by atoms with van der Waals surface area (Å²) in [5.41, 5.74) is 0.379. The molecule has 0 aromatic carbocycles. The highest BCUT2D eigenvalue weighted by atomic mass is 15.3. The molecule has 6 heteroatoms. The third-order valence-electron chi connectivity index (χ3n) is 3.14. The zero-order valence-electron chi connectivity index (χ0n) is 14.2. The Morgan fingerprint density at radius 1 is 0.737 bits per heavy atom. The third kappa shape index (κ3) is 7.43. The number of rotatable bonds is 5. The van der Waals surface area contributed by atoms with Crippen LogP contribution in [0.25, 0.3) is 0 Å². The van der Waals surface area contributed by atoms with E-state index in [0.29, 0.717) is 5.41 Å². The molecule has 1 heterocycles. The van der Waals surface area contributed by atoms with Gasteiger partial charge in [-0.05, 0) is 36.9 Å². The number of hydrogen-bond donors (Lipinski definition) is 0. The summed E-state index contributed by atoms with van der Waals surface area (Å²) in [5.74, 6) is 1.49. The van der Waals surface area contributed by atoms with Crippen molar-refractivity contribution in [2.24, 2.45) is 17.3 Å². The highest BCUT2D eigenvalue weighted by Crippen LogP contribution is 2.16. The smallest absolute Gasteiger partial charge is 0.270 e. The minimum atomic E-state index is 0.379. The lowest BCUT2D eigenvalue weighted by Gasteiger charge is -2.43. The van der Waals surface area contributed by atoms with Gasteiger partial charge < -0.3 is 14.2 Å². The van der Waals surface area contributed by atoms with Crippen molar-refractivity contribution in [2.45, 2.75) is 48.5 Å². The summed E-state index contributed by atoms with van der Waals surface area (Å²) in [7, 11) is 3.39. The van der Waals surface area contributed by atoms with Crippen LogP contribution in [0.5, 0.6) is 0 Å². The second-order valence-corrected chi connectivity index (χ2v) is 8.31. The molecule has 0 aliphatic carbocycles. The molecule has 0 saturated carbocycles. The van der Waals surface area contributed by atoms with Gasteiger partial charge in [0.05, 0.1) is 0 Å². The second-order valence-electron chi connectivity index (χ2n) is 8.31. The molecule has 19 heavy (non-hydrogen) atoms. The van der Waals surface area contributed by atoms with Crippen LogP contribution in [0, 0.1) is 17.3 Å². The summed E-state index contributed by atoms with van der Waals surface area (Å²) >= 11 is 0. The minimum absolute atomic E-state index is 0.379. The Labute approximate surface area is 122 Å². The molecule has 0 N–H and O–H groups in total. The van der Waals surface area contributed by atoms with E-state index in [1.165, 1.54) is 19.6 Å². The van der Waals surface area contributed by atoms with Crippen molar-refractivity contribution in [2.75, 3.05) is 19.6 Å². The number of nitrogens with zero attached hydrogens (tertiary/aromatic N) is 3. The fourth-order valence-electron chi connectivity index (χ4n) is 3.02. The standard InChI is InChI=1S/C13H32B3N3/c1-11(2)8-17-14-18(9-12(3)4)16-19(15-17)10-13(5,6)7/h11-12,14-16H,8-10H2,1-7H3. The summed E-state index contributed by atoms with van der Waals surface area (Å²) in [5, 5.41) is 0. The van der Waals surface area contributed by atoms with Gasteiger partial charge in [-0.15, -0.1) is 0 Å². The Morgan fingerprint density at radius 2 is 1.11 bits per heavy atom. The Kier molecular flexibility index (Phi) is 6.48. The molecule has 1 saturated heterocycles.